The summed E-state index contributed by atoms with van der Waals surface area (Å²) in [6.45, 7) is 0. The lowest BCUT2D eigenvalue weighted by Gasteiger charge is -2.05. The second-order valence-corrected chi connectivity index (χ2v) is 2.12. The number of hydrogen-bond donors (Lipinski definition) is 3. The van der Waals surface area contributed by atoms with E-state index < -0.39 is 0 Å². The Kier molecular flexibility index (Phi) is 2.14. The summed E-state index contributed by atoms with van der Waals surface area (Å²) in [6.07, 6.45) is 1.41. The van der Waals surface area contributed by atoms with Crippen LogP contribution in [0.4, 0.5) is 0 Å². The predicted molar refractivity (Wildman–Crippen MR) is 43.5 cm³/mol. The molecule has 0 bridgehead atoms. The molecule has 0 unspecified atom stereocenters. The fourth-order valence-electron chi connectivity index (χ4n) is 0.798. The Morgan fingerprint density at radius 2 is 2.42 bits per heavy atom. The molecule has 5 nitrogen and oxygen atoms in total. The quantitative estimate of drug-likeness (QED) is 0.429. The normalized spacial score (nSPS) is 9.42. The molecule has 0 aliphatic heterocycles. The van der Waals surface area contributed by atoms with E-state index in [0.717, 1.165) is 0 Å². The van der Waals surface area contributed by atoms with Crippen molar-refractivity contribution in [3.63, 3.8) is 0 Å². The van der Waals surface area contributed by atoms with E-state index >= 15 is 0 Å². The Hall–Kier alpha value is -1.78. The van der Waals surface area contributed by atoms with Crippen LogP contribution in [-0.4, -0.2) is 23.0 Å². The van der Waals surface area contributed by atoms with Gasteiger partial charge < -0.3 is 15.6 Å². The van der Waals surface area contributed by atoms with Crippen molar-refractivity contribution in [2.45, 2.75) is 0 Å². The van der Waals surface area contributed by atoms with Crippen LogP contribution in [0.15, 0.2) is 12.3 Å². The van der Waals surface area contributed by atoms with Crippen molar-refractivity contribution in [2.24, 2.45) is 5.73 Å². The van der Waals surface area contributed by atoms with Gasteiger partial charge in [-0.05, 0) is 0 Å². The molecule has 5 heteroatoms. The minimum Gasteiger partial charge on any atom is -0.503 e. The zero-order valence-corrected chi connectivity index (χ0v) is 6.53. The van der Waals surface area contributed by atoms with Crippen LogP contribution in [0.3, 0.4) is 0 Å². The lowest BCUT2D eigenvalue weighted by atomic mass is 10.3. The first kappa shape index (κ1) is 8.32. The number of nitrogens with zero attached hydrogens (tertiary/aromatic N) is 1. The molecule has 0 atom stereocenters. The maximum absolute atomic E-state index is 9.35. The number of ether oxygens (including phenoxy) is 1. The van der Waals surface area contributed by atoms with Crippen molar-refractivity contribution in [3.8, 4) is 11.5 Å². The zero-order valence-electron chi connectivity index (χ0n) is 6.53. The van der Waals surface area contributed by atoms with Gasteiger partial charge in [-0.1, -0.05) is 0 Å². The van der Waals surface area contributed by atoms with Crippen LogP contribution in [0.2, 0.25) is 0 Å². The number of aromatic nitrogens is 1. The van der Waals surface area contributed by atoms with E-state index in [9.17, 15) is 5.11 Å². The fraction of sp³-hybridized carbons (Fsp3) is 0.143. The summed E-state index contributed by atoms with van der Waals surface area (Å²) in [5.41, 5.74) is 5.18. The van der Waals surface area contributed by atoms with Gasteiger partial charge in [-0.25, -0.2) is 4.98 Å². The molecule has 0 aromatic carbocycles. The Bertz CT molecular complexity index is 312. The highest BCUT2D eigenvalue weighted by molar-refractivity contribution is 5.96. The molecule has 1 heterocycles. The van der Waals surface area contributed by atoms with Gasteiger partial charge in [0.25, 0.3) is 0 Å². The molecule has 1 rings (SSSR count). The molecule has 1 aromatic heterocycles. The van der Waals surface area contributed by atoms with E-state index in [1.54, 1.807) is 0 Å². The third-order valence-electron chi connectivity index (χ3n) is 1.36. The number of nitrogens with two attached hydrogens (primary N) is 1. The van der Waals surface area contributed by atoms with Crippen molar-refractivity contribution >= 4 is 5.84 Å². The van der Waals surface area contributed by atoms with Gasteiger partial charge in [-0.2, -0.15) is 0 Å². The van der Waals surface area contributed by atoms with Crippen molar-refractivity contribution in [1.29, 1.82) is 5.41 Å². The monoisotopic (exact) mass is 167 g/mol. The lowest BCUT2D eigenvalue weighted by Crippen LogP contribution is -2.13. The Labute approximate surface area is 69.3 Å². The van der Waals surface area contributed by atoms with E-state index in [-0.39, 0.29) is 23.0 Å². The first-order valence-corrected chi connectivity index (χ1v) is 3.23. The van der Waals surface area contributed by atoms with E-state index in [2.05, 4.69) is 4.98 Å². The Balaban J connectivity index is 3.23. The number of nitrogen functional groups attached to an aromatic ring is 1. The fourth-order valence-corrected chi connectivity index (χ4v) is 0.798. The van der Waals surface area contributed by atoms with Crippen LogP contribution in [0.1, 0.15) is 5.69 Å². The van der Waals surface area contributed by atoms with Crippen molar-refractivity contribution in [3.05, 3.63) is 18.0 Å². The summed E-state index contributed by atoms with van der Waals surface area (Å²) >= 11 is 0. The highest BCUT2D eigenvalue weighted by Crippen LogP contribution is 2.26. The second kappa shape index (κ2) is 3.08. The maximum atomic E-state index is 9.35. The third kappa shape index (κ3) is 1.29. The van der Waals surface area contributed by atoms with Crippen molar-refractivity contribution in [2.75, 3.05) is 7.11 Å². The van der Waals surface area contributed by atoms with Gasteiger partial charge in [0.2, 0.25) is 0 Å². The number of rotatable bonds is 2. The smallest absolute Gasteiger partial charge is 0.187 e. The summed E-state index contributed by atoms with van der Waals surface area (Å²) in [6, 6.07) is 1.49. The lowest BCUT2D eigenvalue weighted by molar-refractivity contribution is 0.371. The SMILES string of the molecule is COc1ccnc(C(=N)N)c1O. The minimum absolute atomic E-state index is 0.0364. The average molecular weight is 167 g/mol. The highest BCUT2D eigenvalue weighted by Gasteiger charge is 2.10. The first-order valence-electron chi connectivity index (χ1n) is 3.23. The molecule has 0 spiro atoms. The van der Waals surface area contributed by atoms with Crippen molar-refractivity contribution < 1.29 is 9.84 Å². The summed E-state index contributed by atoms with van der Waals surface area (Å²) in [5.74, 6) is -0.228. The van der Waals surface area contributed by atoms with Crippen LogP contribution >= 0.6 is 0 Å². The molecule has 0 saturated carbocycles. The summed E-state index contributed by atoms with van der Waals surface area (Å²) in [4.78, 5) is 3.71. The van der Waals surface area contributed by atoms with Crippen LogP contribution in [0.5, 0.6) is 11.5 Å². The third-order valence-corrected chi connectivity index (χ3v) is 1.36. The zero-order chi connectivity index (χ0) is 9.14. The molecular weight excluding hydrogens is 158 g/mol. The van der Waals surface area contributed by atoms with Gasteiger partial charge in [-0.3, -0.25) is 5.41 Å². The Morgan fingerprint density at radius 3 is 2.92 bits per heavy atom. The molecule has 0 saturated heterocycles. The summed E-state index contributed by atoms with van der Waals surface area (Å²) in [5, 5.41) is 16.4. The summed E-state index contributed by atoms with van der Waals surface area (Å²) in [7, 11) is 1.42. The van der Waals surface area contributed by atoms with Gasteiger partial charge in [0.15, 0.2) is 11.5 Å². The molecule has 0 aliphatic carbocycles. The number of amidine groups is 1. The molecule has 12 heavy (non-hydrogen) atoms. The largest absolute Gasteiger partial charge is 0.503 e. The second-order valence-electron chi connectivity index (χ2n) is 2.12. The molecule has 0 radical (unpaired) electrons. The van der Waals surface area contributed by atoms with E-state index in [0.29, 0.717) is 0 Å². The topological polar surface area (TPSA) is 92.2 Å². The van der Waals surface area contributed by atoms with Gasteiger partial charge in [0.1, 0.15) is 11.5 Å². The molecule has 0 aliphatic rings. The van der Waals surface area contributed by atoms with E-state index in [1.807, 2.05) is 0 Å². The molecular formula is C7H9N3O2. The molecule has 0 fully saturated rings. The van der Waals surface area contributed by atoms with Crippen molar-refractivity contribution in [1.82, 2.24) is 4.98 Å². The number of nitrogens with one attached hydrogen (secondary N) is 1. The molecule has 64 valence electrons. The standard InChI is InChI=1S/C7H9N3O2/c1-12-4-2-3-10-5(6(4)11)7(8)9/h2-3,11H,1H3,(H3,8,9). The van der Waals surface area contributed by atoms with Crippen LogP contribution in [0.25, 0.3) is 0 Å². The van der Waals surface area contributed by atoms with E-state index in [1.165, 1.54) is 19.4 Å². The molecule has 4 N–H and O–H groups in total. The molecule has 0 amide bonds. The van der Waals surface area contributed by atoms with Crippen LogP contribution in [-0.2, 0) is 0 Å². The average Bonchev–Trinajstić information content (AvgIpc) is 2.04. The summed E-state index contributed by atoms with van der Waals surface area (Å²) < 4.78 is 4.79. The molecule has 1 aromatic rings. The highest BCUT2D eigenvalue weighted by atomic mass is 16.5. The van der Waals surface area contributed by atoms with Gasteiger partial charge in [-0.15, -0.1) is 0 Å². The van der Waals surface area contributed by atoms with Crippen LogP contribution < -0.4 is 10.5 Å². The maximum Gasteiger partial charge on any atom is 0.187 e. The van der Waals surface area contributed by atoms with Gasteiger partial charge in [0, 0.05) is 12.3 Å². The van der Waals surface area contributed by atoms with Gasteiger partial charge in [0.05, 0.1) is 7.11 Å². The predicted octanol–water partition coefficient (Wildman–Crippen LogP) is 0.0799. The Morgan fingerprint density at radius 1 is 1.75 bits per heavy atom. The number of methoxy groups -OCH3 is 1. The number of aromatic hydroxyl groups is 1. The minimum atomic E-state index is -0.286. The van der Waals surface area contributed by atoms with Gasteiger partial charge >= 0.3 is 0 Å². The first-order chi connectivity index (χ1) is 5.66. The number of hydrogen-bond acceptors (Lipinski definition) is 4. The van der Waals surface area contributed by atoms with E-state index in [4.69, 9.17) is 15.9 Å². The number of pyridine rings is 1. The van der Waals surface area contributed by atoms with Crippen LogP contribution in [0, 0.1) is 5.41 Å².